The molecule has 0 saturated heterocycles. The summed E-state index contributed by atoms with van der Waals surface area (Å²) >= 11 is 0. The van der Waals surface area contributed by atoms with Crippen molar-refractivity contribution in [3.63, 3.8) is 0 Å². The molecule has 0 fully saturated rings. The standard InChI is InChI=1S/C8H14N6/c1-13(8-9-3-4-10-8)5-7-12-11-6-14(7)2/h6H,3-5H2,1-2H3,(H,9,10). The normalized spacial score (nSPS) is 15.1. The highest BCUT2D eigenvalue weighted by molar-refractivity contribution is 5.81. The van der Waals surface area contributed by atoms with Crippen molar-refractivity contribution < 1.29 is 0 Å². The molecular formula is C8H14N6. The Morgan fingerprint density at radius 1 is 1.64 bits per heavy atom. The van der Waals surface area contributed by atoms with Gasteiger partial charge in [-0.3, -0.25) is 4.99 Å². The van der Waals surface area contributed by atoms with Crippen LogP contribution in [0.1, 0.15) is 5.82 Å². The Balaban J connectivity index is 2.01. The molecule has 1 aliphatic rings. The van der Waals surface area contributed by atoms with E-state index in [2.05, 4.69) is 20.5 Å². The monoisotopic (exact) mass is 194 g/mol. The lowest BCUT2D eigenvalue weighted by Gasteiger charge is -2.17. The lowest BCUT2D eigenvalue weighted by molar-refractivity contribution is 0.461. The highest BCUT2D eigenvalue weighted by atomic mass is 15.3. The molecule has 1 N–H and O–H groups in total. The van der Waals surface area contributed by atoms with Gasteiger partial charge in [-0.15, -0.1) is 10.2 Å². The van der Waals surface area contributed by atoms with E-state index in [-0.39, 0.29) is 0 Å². The molecule has 0 atom stereocenters. The number of hydrogen-bond donors (Lipinski definition) is 1. The van der Waals surface area contributed by atoms with Gasteiger partial charge in [-0.1, -0.05) is 0 Å². The van der Waals surface area contributed by atoms with Gasteiger partial charge in [-0.2, -0.15) is 0 Å². The Labute approximate surface area is 82.6 Å². The number of hydrogen-bond acceptors (Lipinski definition) is 5. The van der Waals surface area contributed by atoms with E-state index in [1.165, 1.54) is 0 Å². The van der Waals surface area contributed by atoms with E-state index < -0.39 is 0 Å². The number of nitrogens with zero attached hydrogens (tertiary/aromatic N) is 5. The van der Waals surface area contributed by atoms with Crippen LogP contribution in [0.3, 0.4) is 0 Å². The van der Waals surface area contributed by atoms with Crippen LogP contribution in [0, 0.1) is 0 Å². The van der Waals surface area contributed by atoms with E-state index in [0.717, 1.165) is 31.4 Å². The van der Waals surface area contributed by atoms with Gasteiger partial charge in [-0.05, 0) is 0 Å². The first-order valence-corrected chi connectivity index (χ1v) is 4.59. The van der Waals surface area contributed by atoms with Crippen molar-refractivity contribution >= 4 is 5.96 Å². The van der Waals surface area contributed by atoms with Crippen molar-refractivity contribution in [3.05, 3.63) is 12.2 Å². The molecule has 2 heterocycles. The fourth-order valence-corrected chi connectivity index (χ4v) is 1.38. The molecule has 0 spiro atoms. The maximum absolute atomic E-state index is 4.32. The fourth-order valence-electron chi connectivity index (χ4n) is 1.38. The van der Waals surface area contributed by atoms with E-state index in [1.807, 2.05) is 23.6 Å². The van der Waals surface area contributed by atoms with Crippen molar-refractivity contribution in [3.8, 4) is 0 Å². The minimum Gasteiger partial charge on any atom is -0.354 e. The van der Waals surface area contributed by atoms with E-state index in [4.69, 9.17) is 0 Å². The van der Waals surface area contributed by atoms with Crippen LogP contribution in [0.2, 0.25) is 0 Å². The first-order valence-electron chi connectivity index (χ1n) is 4.59. The SMILES string of the molecule is CN(Cc1nncn1C)C1=NCCN1. The number of nitrogens with one attached hydrogen (secondary N) is 1. The molecule has 6 heteroatoms. The van der Waals surface area contributed by atoms with Gasteiger partial charge < -0.3 is 14.8 Å². The van der Waals surface area contributed by atoms with Gasteiger partial charge in [0, 0.05) is 20.6 Å². The molecule has 0 bridgehead atoms. The third kappa shape index (κ3) is 1.68. The van der Waals surface area contributed by atoms with Gasteiger partial charge in [0.05, 0.1) is 13.1 Å². The molecule has 1 aromatic rings. The molecular weight excluding hydrogens is 180 g/mol. The predicted molar refractivity (Wildman–Crippen MR) is 52.8 cm³/mol. The van der Waals surface area contributed by atoms with Crippen molar-refractivity contribution in [2.45, 2.75) is 6.54 Å². The molecule has 0 aliphatic carbocycles. The van der Waals surface area contributed by atoms with Gasteiger partial charge in [0.2, 0.25) is 0 Å². The third-order valence-corrected chi connectivity index (χ3v) is 2.20. The van der Waals surface area contributed by atoms with E-state index in [1.54, 1.807) is 6.33 Å². The van der Waals surface area contributed by atoms with Crippen LogP contribution in [0.4, 0.5) is 0 Å². The second-order valence-corrected chi connectivity index (χ2v) is 3.35. The topological polar surface area (TPSA) is 58.3 Å². The molecule has 0 aromatic carbocycles. The Morgan fingerprint density at radius 3 is 3.07 bits per heavy atom. The van der Waals surface area contributed by atoms with Gasteiger partial charge in [-0.25, -0.2) is 0 Å². The Hall–Kier alpha value is -1.59. The lowest BCUT2D eigenvalue weighted by atomic mass is 10.5. The summed E-state index contributed by atoms with van der Waals surface area (Å²) in [6, 6.07) is 0. The highest BCUT2D eigenvalue weighted by Gasteiger charge is 2.12. The van der Waals surface area contributed by atoms with Crippen molar-refractivity contribution in [1.29, 1.82) is 0 Å². The minimum absolute atomic E-state index is 0.725. The number of aliphatic imine (C=N–C) groups is 1. The van der Waals surface area contributed by atoms with E-state index in [9.17, 15) is 0 Å². The first-order chi connectivity index (χ1) is 6.77. The van der Waals surface area contributed by atoms with Gasteiger partial charge in [0.15, 0.2) is 11.8 Å². The molecule has 2 rings (SSSR count). The largest absolute Gasteiger partial charge is 0.354 e. The van der Waals surface area contributed by atoms with Crippen molar-refractivity contribution in [2.24, 2.45) is 12.0 Å². The van der Waals surface area contributed by atoms with Crippen molar-refractivity contribution in [2.75, 3.05) is 20.1 Å². The summed E-state index contributed by atoms with van der Waals surface area (Å²) in [5.41, 5.74) is 0. The van der Waals surface area contributed by atoms with Gasteiger partial charge in [0.25, 0.3) is 0 Å². The summed E-state index contributed by atoms with van der Waals surface area (Å²) in [4.78, 5) is 6.36. The second-order valence-electron chi connectivity index (χ2n) is 3.35. The zero-order chi connectivity index (χ0) is 9.97. The zero-order valence-corrected chi connectivity index (χ0v) is 8.43. The average Bonchev–Trinajstić information content (AvgIpc) is 2.77. The molecule has 0 radical (unpaired) electrons. The summed E-state index contributed by atoms with van der Waals surface area (Å²) in [6.07, 6.45) is 1.70. The van der Waals surface area contributed by atoms with Crippen LogP contribution in [-0.4, -0.2) is 45.8 Å². The van der Waals surface area contributed by atoms with Crippen LogP contribution in [0.25, 0.3) is 0 Å². The number of rotatable bonds is 2. The smallest absolute Gasteiger partial charge is 0.194 e. The van der Waals surface area contributed by atoms with Crippen LogP contribution >= 0.6 is 0 Å². The summed E-state index contributed by atoms with van der Waals surface area (Å²) in [5.74, 6) is 1.87. The molecule has 1 aliphatic heterocycles. The number of guanidine groups is 1. The zero-order valence-electron chi connectivity index (χ0n) is 8.43. The third-order valence-electron chi connectivity index (χ3n) is 2.20. The second kappa shape index (κ2) is 3.65. The summed E-state index contributed by atoms with van der Waals surface area (Å²) in [7, 11) is 3.93. The fraction of sp³-hybridized carbons (Fsp3) is 0.625. The average molecular weight is 194 g/mol. The van der Waals surface area contributed by atoms with E-state index in [0.29, 0.717) is 0 Å². The molecule has 76 valence electrons. The first kappa shape index (κ1) is 8.98. The van der Waals surface area contributed by atoms with Crippen LogP contribution < -0.4 is 5.32 Å². The molecule has 1 aromatic heterocycles. The lowest BCUT2D eigenvalue weighted by Crippen LogP contribution is -2.35. The summed E-state index contributed by atoms with van der Waals surface area (Å²) < 4.78 is 1.91. The number of aromatic nitrogens is 3. The molecule has 0 unspecified atom stereocenters. The van der Waals surface area contributed by atoms with Crippen LogP contribution in [0.5, 0.6) is 0 Å². The molecule has 6 nitrogen and oxygen atoms in total. The summed E-state index contributed by atoms with van der Waals surface area (Å²) in [5, 5.41) is 11.0. The minimum atomic E-state index is 0.725. The number of aryl methyl sites for hydroxylation is 1. The van der Waals surface area contributed by atoms with Gasteiger partial charge >= 0.3 is 0 Å². The Bertz CT molecular complexity index is 341. The Morgan fingerprint density at radius 2 is 2.50 bits per heavy atom. The molecule has 0 saturated carbocycles. The molecule has 14 heavy (non-hydrogen) atoms. The molecule has 0 amide bonds. The van der Waals surface area contributed by atoms with E-state index >= 15 is 0 Å². The summed E-state index contributed by atoms with van der Waals surface area (Å²) in [6.45, 7) is 2.51. The maximum Gasteiger partial charge on any atom is 0.194 e. The predicted octanol–water partition coefficient (Wildman–Crippen LogP) is -0.794. The highest BCUT2D eigenvalue weighted by Crippen LogP contribution is 1.99. The van der Waals surface area contributed by atoms with Gasteiger partial charge in [0.1, 0.15) is 6.33 Å². The quantitative estimate of drug-likeness (QED) is 0.670. The maximum atomic E-state index is 4.32. The van der Waals surface area contributed by atoms with Crippen LogP contribution in [-0.2, 0) is 13.6 Å². The van der Waals surface area contributed by atoms with Crippen LogP contribution in [0.15, 0.2) is 11.3 Å². The van der Waals surface area contributed by atoms with Crippen molar-refractivity contribution in [1.82, 2.24) is 25.0 Å². The Kier molecular flexibility index (Phi) is 2.34.